The average molecular weight is 1110 g/mol. The van der Waals surface area contributed by atoms with Crippen LogP contribution in [-0.4, -0.2) is 47.4 Å². The third kappa shape index (κ3) is 65.1. The predicted molar refractivity (Wildman–Crippen MR) is 347 cm³/mol. The van der Waals surface area contributed by atoms with E-state index in [1.54, 1.807) is 0 Å². The highest BCUT2D eigenvalue weighted by molar-refractivity contribution is 5.76. The minimum Gasteiger partial charge on any atom is -0.466 e. The van der Waals surface area contributed by atoms with Crippen molar-refractivity contribution in [2.24, 2.45) is 0 Å². The molecule has 0 radical (unpaired) electrons. The molecule has 466 valence electrons. The van der Waals surface area contributed by atoms with Gasteiger partial charge in [0.05, 0.1) is 25.4 Å². The first kappa shape index (κ1) is 77.1. The Morgan fingerprint density at radius 3 is 0.987 bits per heavy atom. The summed E-state index contributed by atoms with van der Waals surface area (Å²) in [6, 6.07) is -0.538. The minimum atomic E-state index is -0.660. The van der Waals surface area contributed by atoms with Crippen molar-refractivity contribution in [3.8, 4) is 0 Å². The highest BCUT2D eigenvalue weighted by Crippen LogP contribution is 2.19. The zero-order valence-electron chi connectivity index (χ0n) is 53.4. The summed E-state index contributed by atoms with van der Waals surface area (Å²) in [5.41, 5.74) is 0. The second-order valence-corrected chi connectivity index (χ2v) is 24.6. The van der Waals surface area contributed by atoms with Crippen molar-refractivity contribution >= 4 is 11.9 Å². The molecule has 0 aromatic rings. The number of hydrogen-bond donors (Lipinski definition) is 3. The summed E-state index contributed by atoms with van der Waals surface area (Å²) < 4.78 is 5.50. The number of hydrogen-bond acceptors (Lipinski definition) is 5. The Morgan fingerprint density at radius 2 is 0.633 bits per heavy atom. The third-order valence-corrected chi connectivity index (χ3v) is 16.7. The molecule has 0 aliphatic heterocycles. The molecule has 0 rings (SSSR count). The summed E-state index contributed by atoms with van der Waals surface area (Å²) in [5.74, 6) is -0.0196. The fourth-order valence-corrected chi connectivity index (χ4v) is 11.2. The van der Waals surface area contributed by atoms with Crippen LogP contribution in [0.25, 0.3) is 0 Å². The topological polar surface area (TPSA) is 95.9 Å². The molecule has 2 unspecified atom stereocenters. The molecule has 0 saturated heterocycles. The van der Waals surface area contributed by atoms with Crippen LogP contribution in [0.4, 0.5) is 0 Å². The van der Waals surface area contributed by atoms with Crippen LogP contribution in [0.5, 0.6) is 0 Å². The Labute approximate surface area is 494 Å². The van der Waals surface area contributed by atoms with Gasteiger partial charge in [0, 0.05) is 12.8 Å². The molecule has 0 fully saturated rings. The van der Waals surface area contributed by atoms with E-state index in [2.05, 4.69) is 55.6 Å². The van der Waals surface area contributed by atoms with Gasteiger partial charge in [-0.05, 0) is 83.5 Å². The third-order valence-electron chi connectivity index (χ3n) is 16.7. The summed E-state index contributed by atoms with van der Waals surface area (Å²) in [4.78, 5) is 24.6. The van der Waals surface area contributed by atoms with Crippen LogP contribution >= 0.6 is 0 Å². The normalized spacial score (nSPS) is 12.7. The van der Waals surface area contributed by atoms with Gasteiger partial charge in [0.15, 0.2) is 0 Å². The molecule has 6 heteroatoms. The van der Waals surface area contributed by atoms with Crippen molar-refractivity contribution in [1.82, 2.24) is 5.32 Å². The van der Waals surface area contributed by atoms with Gasteiger partial charge in [-0.15, -0.1) is 0 Å². The Hall–Kier alpha value is -1.92. The van der Waals surface area contributed by atoms with Crippen LogP contribution in [0.15, 0.2) is 36.5 Å². The largest absolute Gasteiger partial charge is 0.466 e. The summed E-state index contributed by atoms with van der Waals surface area (Å²) in [5, 5.41) is 23.2. The number of aliphatic hydroxyl groups excluding tert-OH is 2. The molecule has 0 spiro atoms. The fourth-order valence-electron chi connectivity index (χ4n) is 11.2. The maximum atomic E-state index is 12.5. The van der Waals surface area contributed by atoms with Gasteiger partial charge < -0.3 is 20.3 Å². The first-order valence-electron chi connectivity index (χ1n) is 35.7. The van der Waals surface area contributed by atoms with E-state index in [1.807, 2.05) is 0 Å². The molecule has 0 saturated carbocycles. The number of allylic oxidation sites excluding steroid dienone is 6. The number of esters is 1. The first-order valence-corrected chi connectivity index (χ1v) is 35.7. The highest BCUT2D eigenvalue weighted by atomic mass is 16.5. The second kappa shape index (κ2) is 68.6. The van der Waals surface area contributed by atoms with Gasteiger partial charge in [-0.3, -0.25) is 9.59 Å². The molecule has 0 aromatic carbocycles. The summed E-state index contributed by atoms with van der Waals surface area (Å²) >= 11 is 0. The van der Waals surface area contributed by atoms with Crippen LogP contribution in [0.3, 0.4) is 0 Å². The maximum Gasteiger partial charge on any atom is 0.305 e. The molecule has 0 aromatic heterocycles. The van der Waals surface area contributed by atoms with Crippen molar-refractivity contribution in [3.63, 3.8) is 0 Å². The maximum absolute atomic E-state index is 12.5. The molecule has 0 aliphatic rings. The molecular formula is C73H139NO5. The summed E-state index contributed by atoms with van der Waals surface area (Å²) in [6.45, 7) is 4.95. The SMILES string of the molecule is CCCCCC/C=C\C/C=C\CCCCCCCCCC(=O)OCCCCCCCCCCCCCC/C=C\CCCCCCCCCCCCCCCCCCCC(=O)NC(CO)C(O)CCCCCCCCCCCCC. The number of aliphatic hydroxyl groups is 2. The van der Waals surface area contributed by atoms with Crippen molar-refractivity contribution in [1.29, 1.82) is 0 Å². The zero-order valence-corrected chi connectivity index (χ0v) is 53.4. The van der Waals surface area contributed by atoms with E-state index in [-0.39, 0.29) is 18.5 Å². The number of rotatable bonds is 67. The van der Waals surface area contributed by atoms with E-state index in [1.165, 1.54) is 308 Å². The standard InChI is InChI=1S/C73H139NO5/c1-3-5-7-9-11-13-15-16-17-18-37-40-43-47-51-55-59-63-67-73(78)79-68-64-60-56-52-48-44-41-38-35-33-31-29-27-25-23-21-19-20-22-24-26-28-30-32-34-36-39-42-46-50-54-58-62-66-72(77)74-70(69-75)71(76)65-61-57-53-49-45-14-12-10-8-6-4-2/h13,15,17-18,23,25,70-71,75-76H,3-12,14,16,19-22,24,26-69H2,1-2H3,(H,74,77)/b15-13-,18-17-,25-23-. The Kier molecular flexibility index (Phi) is 66.9. The fraction of sp³-hybridized carbons (Fsp3) is 0.890. The van der Waals surface area contributed by atoms with Gasteiger partial charge in [0.25, 0.3) is 0 Å². The number of nitrogens with one attached hydrogen (secondary N) is 1. The molecule has 1 amide bonds. The number of ether oxygens (including phenoxy) is 1. The Morgan fingerprint density at radius 1 is 0.354 bits per heavy atom. The van der Waals surface area contributed by atoms with E-state index in [9.17, 15) is 19.8 Å². The van der Waals surface area contributed by atoms with Gasteiger partial charge >= 0.3 is 5.97 Å². The van der Waals surface area contributed by atoms with E-state index in [0.29, 0.717) is 25.9 Å². The van der Waals surface area contributed by atoms with Gasteiger partial charge in [-0.25, -0.2) is 0 Å². The zero-order chi connectivity index (χ0) is 57.1. The lowest BCUT2D eigenvalue weighted by Crippen LogP contribution is -2.45. The van der Waals surface area contributed by atoms with Gasteiger partial charge in [-0.2, -0.15) is 0 Å². The molecule has 2 atom stereocenters. The number of carbonyl (C=O) groups excluding carboxylic acids is 2. The van der Waals surface area contributed by atoms with Gasteiger partial charge in [0.2, 0.25) is 5.91 Å². The Balaban J connectivity index is 3.33. The van der Waals surface area contributed by atoms with E-state index < -0.39 is 12.1 Å². The van der Waals surface area contributed by atoms with Crippen molar-refractivity contribution in [2.45, 2.75) is 405 Å². The molecular weight excluding hydrogens is 971 g/mol. The molecule has 79 heavy (non-hydrogen) atoms. The first-order chi connectivity index (χ1) is 39.0. The lowest BCUT2D eigenvalue weighted by atomic mass is 10.0. The Bertz CT molecular complexity index is 1280. The lowest BCUT2D eigenvalue weighted by Gasteiger charge is -2.22. The van der Waals surface area contributed by atoms with Crippen molar-refractivity contribution in [2.75, 3.05) is 13.2 Å². The van der Waals surface area contributed by atoms with Crippen LogP contribution in [0.2, 0.25) is 0 Å². The van der Waals surface area contributed by atoms with Crippen LogP contribution < -0.4 is 5.32 Å². The molecule has 0 heterocycles. The summed E-state index contributed by atoms with van der Waals surface area (Å²) in [6.07, 6.45) is 87.8. The van der Waals surface area contributed by atoms with E-state index >= 15 is 0 Å². The van der Waals surface area contributed by atoms with Crippen molar-refractivity contribution < 1.29 is 24.5 Å². The number of unbranched alkanes of at least 4 members (excludes halogenated alkanes) is 50. The van der Waals surface area contributed by atoms with Crippen molar-refractivity contribution in [3.05, 3.63) is 36.5 Å². The number of amides is 1. The van der Waals surface area contributed by atoms with Gasteiger partial charge in [0.1, 0.15) is 0 Å². The molecule has 6 nitrogen and oxygen atoms in total. The monoisotopic (exact) mass is 1110 g/mol. The molecule has 0 aliphatic carbocycles. The van der Waals surface area contributed by atoms with Gasteiger partial charge in [-0.1, -0.05) is 333 Å². The molecule has 3 N–H and O–H groups in total. The number of carbonyl (C=O) groups is 2. The highest BCUT2D eigenvalue weighted by Gasteiger charge is 2.20. The lowest BCUT2D eigenvalue weighted by molar-refractivity contribution is -0.143. The van der Waals surface area contributed by atoms with Crippen LogP contribution in [0, 0.1) is 0 Å². The minimum absolute atomic E-state index is 0.0117. The molecule has 0 bridgehead atoms. The van der Waals surface area contributed by atoms with Crippen LogP contribution in [-0.2, 0) is 14.3 Å². The van der Waals surface area contributed by atoms with E-state index in [4.69, 9.17) is 4.74 Å². The smallest absolute Gasteiger partial charge is 0.305 e. The quantitative estimate of drug-likeness (QED) is 0.0320. The van der Waals surface area contributed by atoms with E-state index in [0.717, 1.165) is 51.4 Å². The van der Waals surface area contributed by atoms with Crippen LogP contribution in [0.1, 0.15) is 393 Å². The summed E-state index contributed by atoms with van der Waals surface area (Å²) in [7, 11) is 0. The average Bonchev–Trinajstić information content (AvgIpc) is 3.45. The predicted octanol–water partition coefficient (Wildman–Crippen LogP) is 23.1. The second-order valence-electron chi connectivity index (χ2n) is 24.6.